The third kappa shape index (κ3) is 8.90. The number of alkyl halides is 3. The molecule has 0 aliphatic carbocycles. The van der Waals surface area contributed by atoms with Crippen LogP contribution >= 0.6 is 23.6 Å². The quantitative estimate of drug-likeness (QED) is 0.0973. The topological polar surface area (TPSA) is 83.5 Å². The van der Waals surface area contributed by atoms with Crippen LogP contribution < -0.4 is 9.54 Å². The monoisotopic (exact) mass is 741 g/mol. The Balaban J connectivity index is 1.25. The first-order valence-corrected chi connectivity index (χ1v) is 17.7. The normalized spacial score (nSPS) is 12.6. The van der Waals surface area contributed by atoms with Gasteiger partial charge in [-0.15, -0.1) is 29.6 Å². The molecule has 6 aromatic rings. The van der Waals surface area contributed by atoms with Gasteiger partial charge in [0.05, 0.1) is 17.3 Å². The highest BCUT2D eigenvalue weighted by Gasteiger charge is 2.31. The number of aromatic nitrogens is 4. The van der Waals surface area contributed by atoms with Crippen molar-refractivity contribution >= 4 is 34.5 Å². The van der Waals surface area contributed by atoms with E-state index in [0.717, 1.165) is 16.9 Å². The predicted octanol–water partition coefficient (Wildman–Crippen LogP) is 9.26. The summed E-state index contributed by atoms with van der Waals surface area (Å²) >= 11 is 7.32. The minimum absolute atomic E-state index is 0.110. The number of nitrogens with zero attached hydrogens (tertiary/aromatic N) is 5. The van der Waals surface area contributed by atoms with E-state index in [-0.39, 0.29) is 18.8 Å². The van der Waals surface area contributed by atoms with E-state index in [4.69, 9.17) is 21.9 Å². The highest BCUT2D eigenvalue weighted by atomic mass is 32.1. The Labute approximate surface area is 307 Å². The maximum Gasteiger partial charge on any atom is 0.573 e. The minimum Gasteiger partial charge on any atom is -0.460 e. The van der Waals surface area contributed by atoms with Crippen LogP contribution in [0.1, 0.15) is 54.5 Å². The van der Waals surface area contributed by atoms with E-state index in [1.54, 1.807) is 12.1 Å². The molecule has 0 bridgehead atoms. The van der Waals surface area contributed by atoms with E-state index in [9.17, 15) is 18.0 Å². The molecule has 0 radical (unpaired) electrons. The Morgan fingerprint density at radius 3 is 2.33 bits per heavy atom. The van der Waals surface area contributed by atoms with Crippen molar-refractivity contribution in [3.05, 3.63) is 142 Å². The van der Waals surface area contributed by atoms with Crippen LogP contribution in [0.25, 0.3) is 22.8 Å². The molecule has 0 spiro atoms. The molecule has 2 aromatic heterocycles. The fraction of sp³-hybridized carbons (Fsp3) is 0.205. The average molecular weight is 742 g/mol. The molecule has 0 aliphatic rings. The van der Waals surface area contributed by atoms with E-state index in [2.05, 4.69) is 45.4 Å². The smallest absolute Gasteiger partial charge is 0.460 e. The molecule has 1 unspecified atom stereocenters. The van der Waals surface area contributed by atoms with Crippen molar-refractivity contribution in [2.75, 3.05) is 0 Å². The number of ether oxygens (including phenoxy) is 2. The van der Waals surface area contributed by atoms with Crippen molar-refractivity contribution in [1.29, 1.82) is 0 Å². The lowest BCUT2D eigenvalue weighted by Crippen LogP contribution is -2.21. The summed E-state index contributed by atoms with van der Waals surface area (Å²) in [6.07, 6.45) is -3.17. The zero-order valence-corrected chi connectivity index (χ0v) is 30.1. The van der Waals surface area contributed by atoms with Gasteiger partial charge in [0.15, 0.2) is 10.6 Å². The van der Waals surface area contributed by atoms with Crippen LogP contribution in [0.2, 0.25) is 0 Å². The highest BCUT2D eigenvalue weighted by Crippen LogP contribution is 2.28. The molecule has 0 fully saturated rings. The lowest BCUT2D eigenvalue weighted by Gasteiger charge is -2.17. The molecular weight excluding hydrogens is 708 g/mol. The number of halogens is 3. The fourth-order valence-corrected chi connectivity index (χ4v) is 6.82. The molecule has 4 aromatic carbocycles. The fourth-order valence-electron chi connectivity index (χ4n) is 5.62. The number of carbonyl (C=O) groups is 1. The van der Waals surface area contributed by atoms with Gasteiger partial charge in [0, 0.05) is 23.1 Å². The van der Waals surface area contributed by atoms with Crippen molar-refractivity contribution in [1.82, 2.24) is 19.3 Å². The van der Waals surface area contributed by atoms with Gasteiger partial charge >= 0.3 is 12.3 Å². The number of hydrogen-bond acceptors (Lipinski definition) is 7. The van der Waals surface area contributed by atoms with Crippen LogP contribution in [0.5, 0.6) is 5.75 Å². The first-order chi connectivity index (χ1) is 24.9. The lowest BCUT2D eigenvalue weighted by atomic mass is 9.94. The predicted molar refractivity (Wildman–Crippen MR) is 198 cm³/mol. The molecule has 8 nitrogen and oxygen atoms in total. The Hall–Kier alpha value is -5.40. The highest BCUT2D eigenvalue weighted by molar-refractivity contribution is 7.80. The summed E-state index contributed by atoms with van der Waals surface area (Å²) in [5, 5.41) is 6.53. The summed E-state index contributed by atoms with van der Waals surface area (Å²) in [6, 6.07) is 30.2. The van der Waals surface area contributed by atoms with Gasteiger partial charge in [-0.05, 0) is 59.9 Å². The van der Waals surface area contributed by atoms with Gasteiger partial charge in [-0.2, -0.15) is 0 Å². The maximum absolute atomic E-state index is 13.7. The average Bonchev–Trinajstić information content (AvgIpc) is 3.76. The summed E-state index contributed by atoms with van der Waals surface area (Å²) in [5.41, 5.74) is 5.96. The van der Waals surface area contributed by atoms with Crippen molar-refractivity contribution in [3.8, 4) is 28.5 Å². The second-order valence-corrected chi connectivity index (χ2v) is 13.5. The van der Waals surface area contributed by atoms with Crippen LogP contribution in [0.4, 0.5) is 13.2 Å². The van der Waals surface area contributed by atoms with Gasteiger partial charge in [0.2, 0.25) is 0 Å². The first kappa shape index (κ1) is 36.4. The van der Waals surface area contributed by atoms with Gasteiger partial charge in [0.1, 0.15) is 23.7 Å². The lowest BCUT2D eigenvalue weighted by molar-refractivity contribution is -0.274. The van der Waals surface area contributed by atoms with Crippen molar-refractivity contribution in [3.63, 3.8) is 0 Å². The van der Waals surface area contributed by atoms with Crippen LogP contribution in [0, 0.1) is 6.92 Å². The van der Waals surface area contributed by atoms with Crippen LogP contribution in [0.15, 0.2) is 120 Å². The second kappa shape index (κ2) is 15.9. The zero-order valence-electron chi connectivity index (χ0n) is 28.4. The molecule has 6 rings (SSSR count). The van der Waals surface area contributed by atoms with Gasteiger partial charge < -0.3 is 9.47 Å². The van der Waals surface area contributed by atoms with E-state index >= 15 is 0 Å². The van der Waals surface area contributed by atoms with E-state index in [0.29, 0.717) is 38.3 Å². The minimum atomic E-state index is -4.78. The van der Waals surface area contributed by atoms with Crippen LogP contribution in [0.3, 0.4) is 0 Å². The Morgan fingerprint density at radius 1 is 0.942 bits per heavy atom. The number of thiocarbonyl (C=S) groups is 1. The number of aryl methyl sites for hydroxylation is 1. The van der Waals surface area contributed by atoms with Crippen LogP contribution in [-0.4, -0.2) is 36.7 Å². The number of para-hydroxylation sites is 1. The number of benzene rings is 4. The standard InChI is InChI=1S/C39H34F3N5O3S2/c1-25(2)32-11-7-8-12-34(32)47-26(3)23-52-38(47)44-35(51)21-33(37(48)49-22-27-9-5-4-6-10-27)28-13-15-29(16-14-28)36-43-24-46(45-36)30-17-19-31(20-18-30)50-39(40,41)42/h4-20,23-25,33H,21-22H2,1-3H3. The molecule has 0 saturated heterocycles. The van der Waals surface area contributed by atoms with Crippen molar-refractivity contribution in [2.45, 2.75) is 52.0 Å². The summed E-state index contributed by atoms with van der Waals surface area (Å²) in [4.78, 5) is 24.0. The van der Waals surface area contributed by atoms with Gasteiger partial charge in [-0.1, -0.05) is 98.9 Å². The molecule has 13 heteroatoms. The van der Waals surface area contributed by atoms with E-state index in [1.807, 2.05) is 66.9 Å². The molecule has 0 amide bonds. The number of carbonyl (C=O) groups excluding carboxylic acids is 1. The summed E-state index contributed by atoms with van der Waals surface area (Å²) < 4.78 is 51.0. The Bertz CT molecular complexity index is 2230. The Morgan fingerprint density at radius 2 is 1.63 bits per heavy atom. The number of hydrogen-bond donors (Lipinski definition) is 0. The summed E-state index contributed by atoms with van der Waals surface area (Å²) in [7, 11) is 0. The largest absolute Gasteiger partial charge is 0.573 e. The molecule has 2 heterocycles. The summed E-state index contributed by atoms with van der Waals surface area (Å²) in [5.74, 6) is -0.830. The van der Waals surface area contributed by atoms with Gasteiger partial charge in [0.25, 0.3) is 0 Å². The summed E-state index contributed by atoms with van der Waals surface area (Å²) in [6.45, 7) is 6.45. The second-order valence-electron chi connectivity index (χ2n) is 12.2. The molecule has 0 N–H and O–H groups in total. The van der Waals surface area contributed by atoms with Gasteiger partial charge in [-0.3, -0.25) is 9.36 Å². The first-order valence-electron chi connectivity index (χ1n) is 16.4. The van der Waals surface area contributed by atoms with Crippen molar-refractivity contribution in [2.24, 2.45) is 4.99 Å². The molecule has 0 saturated carbocycles. The third-order valence-electron chi connectivity index (χ3n) is 8.18. The zero-order chi connectivity index (χ0) is 36.8. The van der Waals surface area contributed by atoms with Crippen LogP contribution in [-0.2, 0) is 16.1 Å². The molecule has 0 aliphatic heterocycles. The van der Waals surface area contributed by atoms with E-state index in [1.165, 1.54) is 52.2 Å². The number of esters is 1. The third-order valence-corrected chi connectivity index (χ3v) is 9.39. The molecular formula is C39H34F3N5O3S2. The molecule has 1 atom stereocenters. The Kier molecular flexibility index (Phi) is 11.1. The molecule has 52 heavy (non-hydrogen) atoms. The number of thiazole rings is 1. The maximum atomic E-state index is 13.7. The van der Waals surface area contributed by atoms with Crippen molar-refractivity contribution < 1.29 is 27.4 Å². The SMILES string of the molecule is Cc1csc(=NC(=S)CC(C(=O)OCc2ccccc2)c2ccc(-c3ncn(-c4ccc(OC(F)(F)F)cc4)n3)cc2)n1-c1ccccc1C(C)C. The van der Waals surface area contributed by atoms with E-state index < -0.39 is 18.2 Å². The number of rotatable bonds is 11. The van der Waals surface area contributed by atoms with Gasteiger partial charge in [-0.25, -0.2) is 14.7 Å². The molecule has 266 valence electrons.